The Morgan fingerprint density at radius 3 is 2.76 bits per heavy atom. The van der Waals surface area contributed by atoms with Crippen LogP contribution < -0.4 is 10.1 Å². The number of para-hydroxylation sites is 1. The van der Waals surface area contributed by atoms with Gasteiger partial charge < -0.3 is 14.5 Å². The molecule has 1 heterocycles. The van der Waals surface area contributed by atoms with Crippen molar-refractivity contribution in [1.29, 1.82) is 0 Å². The van der Waals surface area contributed by atoms with E-state index in [2.05, 4.69) is 10.3 Å². The lowest BCUT2D eigenvalue weighted by Crippen LogP contribution is -2.10. The van der Waals surface area contributed by atoms with Crippen LogP contribution in [0.2, 0.25) is 0 Å². The molecule has 5 nitrogen and oxygen atoms in total. The molecule has 3 aromatic rings. The Morgan fingerprint density at radius 1 is 1.28 bits per heavy atom. The molecule has 0 spiro atoms. The van der Waals surface area contributed by atoms with E-state index in [9.17, 15) is 4.79 Å². The van der Waals surface area contributed by atoms with Gasteiger partial charge in [-0.3, -0.25) is 4.79 Å². The Hall–Kier alpha value is -2.82. The zero-order chi connectivity index (χ0) is 18.0. The average molecular weight is 338 g/mol. The first-order valence-corrected chi connectivity index (χ1v) is 8.30. The minimum absolute atomic E-state index is 0.0202. The highest BCUT2D eigenvalue weighted by Crippen LogP contribution is 2.30. The van der Waals surface area contributed by atoms with Gasteiger partial charge in [0.2, 0.25) is 0 Å². The summed E-state index contributed by atoms with van der Waals surface area (Å²) in [7, 11) is 1.60. The van der Waals surface area contributed by atoms with Crippen LogP contribution in [0.1, 0.15) is 25.0 Å². The summed E-state index contributed by atoms with van der Waals surface area (Å²) in [6.07, 6.45) is 0.399. The quantitative estimate of drug-likeness (QED) is 0.708. The predicted molar refractivity (Wildman–Crippen MR) is 98.6 cm³/mol. The van der Waals surface area contributed by atoms with E-state index in [1.807, 2.05) is 57.2 Å². The molecule has 0 aliphatic heterocycles. The van der Waals surface area contributed by atoms with Crippen molar-refractivity contribution in [2.75, 3.05) is 12.4 Å². The van der Waals surface area contributed by atoms with Crippen molar-refractivity contribution < 1.29 is 13.9 Å². The molecule has 0 saturated carbocycles. The van der Waals surface area contributed by atoms with Crippen LogP contribution in [0.15, 0.2) is 40.8 Å². The molecule has 1 aromatic heterocycles. The van der Waals surface area contributed by atoms with Gasteiger partial charge in [0, 0.05) is 12.3 Å². The number of aromatic nitrogens is 1. The zero-order valence-electron chi connectivity index (χ0n) is 14.9. The summed E-state index contributed by atoms with van der Waals surface area (Å²) in [5.74, 6) is 0.872. The summed E-state index contributed by atoms with van der Waals surface area (Å²) in [6, 6.07) is 11.9. The number of aryl methyl sites for hydroxylation is 1. The number of ketones is 1. The number of ether oxygens (including phenoxy) is 1. The molecule has 2 aromatic carbocycles. The van der Waals surface area contributed by atoms with Crippen LogP contribution in [0.25, 0.3) is 11.1 Å². The van der Waals surface area contributed by atoms with E-state index in [4.69, 9.17) is 9.15 Å². The van der Waals surface area contributed by atoms with Crippen LogP contribution in [-0.2, 0) is 11.2 Å². The number of carbonyl (C=O) groups excluding carboxylic acids is 1. The molecule has 0 saturated heterocycles. The van der Waals surface area contributed by atoms with Crippen LogP contribution >= 0.6 is 0 Å². The van der Waals surface area contributed by atoms with E-state index in [1.165, 1.54) is 0 Å². The third-order valence-electron chi connectivity index (χ3n) is 4.15. The Morgan fingerprint density at radius 2 is 2.08 bits per heavy atom. The van der Waals surface area contributed by atoms with E-state index in [0.29, 0.717) is 18.2 Å². The maximum atomic E-state index is 11.9. The molecule has 0 aliphatic rings. The number of methoxy groups -OCH3 is 1. The maximum Gasteiger partial charge on any atom is 0.300 e. The molecule has 3 rings (SSSR count). The largest absolute Gasteiger partial charge is 0.495 e. The second-order valence-corrected chi connectivity index (χ2v) is 6.40. The standard InChI is InChI=1S/C20H22N2O3/c1-12(2)16(23)10-14-8-9-15(18(11-14)24-4)21-20-22-19-13(3)6-5-7-17(19)25-20/h5-9,11-12H,10H2,1-4H3,(H,21,22). The molecule has 130 valence electrons. The number of anilines is 2. The van der Waals surface area contributed by atoms with Crippen LogP contribution in [0, 0.1) is 12.8 Å². The van der Waals surface area contributed by atoms with E-state index in [0.717, 1.165) is 27.9 Å². The minimum Gasteiger partial charge on any atom is -0.495 e. The van der Waals surface area contributed by atoms with Gasteiger partial charge in [-0.15, -0.1) is 0 Å². The van der Waals surface area contributed by atoms with Gasteiger partial charge in [-0.2, -0.15) is 4.98 Å². The van der Waals surface area contributed by atoms with Gasteiger partial charge in [0.1, 0.15) is 17.0 Å². The average Bonchev–Trinajstić information content (AvgIpc) is 3.00. The van der Waals surface area contributed by atoms with Crippen molar-refractivity contribution in [2.24, 2.45) is 5.92 Å². The van der Waals surface area contributed by atoms with Gasteiger partial charge in [-0.1, -0.05) is 32.0 Å². The number of carbonyl (C=O) groups is 1. The Bertz CT molecular complexity index is 912. The van der Waals surface area contributed by atoms with Crippen molar-refractivity contribution in [3.63, 3.8) is 0 Å². The van der Waals surface area contributed by atoms with Crippen LogP contribution in [-0.4, -0.2) is 17.9 Å². The normalized spacial score (nSPS) is 11.1. The number of nitrogens with one attached hydrogen (secondary N) is 1. The number of hydrogen-bond donors (Lipinski definition) is 1. The van der Waals surface area contributed by atoms with Crippen molar-refractivity contribution >= 4 is 28.6 Å². The molecule has 0 atom stereocenters. The highest BCUT2D eigenvalue weighted by molar-refractivity contribution is 5.83. The fourth-order valence-electron chi connectivity index (χ4n) is 2.61. The lowest BCUT2D eigenvalue weighted by Gasteiger charge is -2.11. The smallest absolute Gasteiger partial charge is 0.300 e. The fourth-order valence-corrected chi connectivity index (χ4v) is 2.61. The van der Waals surface area contributed by atoms with E-state index < -0.39 is 0 Å². The van der Waals surface area contributed by atoms with Gasteiger partial charge in [0.15, 0.2) is 5.58 Å². The molecule has 25 heavy (non-hydrogen) atoms. The molecule has 5 heteroatoms. The van der Waals surface area contributed by atoms with Crippen LogP contribution in [0.4, 0.5) is 11.7 Å². The van der Waals surface area contributed by atoms with Crippen molar-refractivity contribution in [1.82, 2.24) is 4.98 Å². The first-order valence-electron chi connectivity index (χ1n) is 8.30. The molecule has 0 unspecified atom stereocenters. The zero-order valence-corrected chi connectivity index (χ0v) is 14.9. The maximum absolute atomic E-state index is 11.9. The van der Waals surface area contributed by atoms with Crippen molar-refractivity contribution in [2.45, 2.75) is 27.2 Å². The van der Waals surface area contributed by atoms with Gasteiger partial charge in [-0.05, 0) is 36.2 Å². The number of hydrogen-bond acceptors (Lipinski definition) is 5. The number of fused-ring (bicyclic) bond motifs is 1. The minimum atomic E-state index is 0.0202. The molecule has 0 radical (unpaired) electrons. The van der Waals surface area contributed by atoms with E-state index in [-0.39, 0.29) is 11.7 Å². The third kappa shape index (κ3) is 3.65. The van der Waals surface area contributed by atoms with Crippen LogP contribution in [0.3, 0.4) is 0 Å². The molecule has 0 amide bonds. The SMILES string of the molecule is COc1cc(CC(=O)C(C)C)ccc1Nc1nc2c(C)cccc2o1. The fraction of sp³-hybridized carbons (Fsp3) is 0.300. The first-order chi connectivity index (χ1) is 12.0. The number of rotatable bonds is 6. The summed E-state index contributed by atoms with van der Waals surface area (Å²) < 4.78 is 11.2. The summed E-state index contributed by atoms with van der Waals surface area (Å²) in [5.41, 5.74) is 4.30. The summed E-state index contributed by atoms with van der Waals surface area (Å²) in [6.45, 7) is 5.81. The lowest BCUT2D eigenvalue weighted by atomic mass is 10.0. The lowest BCUT2D eigenvalue weighted by molar-refractivity contribution is -0.121. The highest BCUT2D eigenvalue weighted by atomic mass is 16.5. The number of Topliss-reactive ketones (excluding diaryl/α,β-unsaturated/α-hetero) is 1. The molecule has 0 fully saturated rings. The Kier molecular flexibility index (Phi) is 4.74. The predicted octanol–water partition coefficient (Wildman–Crippen LogP) is 4.66. The molecular weight excluding hydrogens is 316 g/mol. The first kappa shape index (κ1) is 17.0. The number of oxazole rings is 1. The monoisotopic (exact) mass is 338 g/mol. The number of benzene rings is 2. The topological polar surface area (TPSA) is 64.4 Å². The Labute approximate surface area is 147 Å². The van der Waals surface area contributed by atoms with Gasteiger partial charge in [0.25, 0.3) is 6.01 Å². The van der Waals surface area contributed by atoms with Gasteiger partial charge in [-0.25, -0.2) is 0 Å². The number of nitrogens with zero attached hydrogens (tertiary/aromatic N) is 1. The van der Waals surface area contributed by atoms with Crippen molar-refractivity contribution in [3.05, 3.63) is 47.5 Å². The highest BCUT2D eigenvalue weighted by Gasteiger charge is 2.13. The van der Waals surface area contributed by atoms with Gasteiger partial charge >= 0.3 is 0 Å². The molecule has 0 aliphatic carbocycles. The van der Waals surface area contributed by atoms with E-state index in [1.54, 1.807) is 7.11 Å². The second-order valence-electron chi connectivity index (χ2n) is 6.40. The molecule has 1 N–H and O–H groups in total. The molecular formula is C20H22N2O3. The Balaban J connectivity index is 1.86. The van der Waals surface area contributed by atoms with Crippen molar-refractivity contribution in [3.8, 4) is 5.75 Å². The summed E-state index contributed by atoms with van der Waals surface area (Å²) >= 11 is 0. The summed E-state index contributed by atoms with van der Waals surface area (Å²) in [5, 5.41) is 3.16. The second kappa shape index (κ2) is 6.97. The molecule has 0 bridgehead atoms. The third-order valence-corrected chi connectivity index (χ3v) is 4.15. The van der Waals surface area contributed by atoms with Crippen LogP contribution in [0.5, 0.6) is 5.75 Å². The summed E-state index contributed by atoms with van der Waals surface area (Å²) in [4.78, 5) is 16.4. The van der Waals surface area contributed by atoms with Gasteiger partial charge in [0.05, 0.1) is 12.8 Å². The van der Waals surface area contributed by atoms with E-state index >= 15 is 0 Å².